The molecule has 0 unspecified atom stereocenters. The normalized spacial score (nSPS) is 14.4. The quantitative estimate of drug-likeness (QED) is 0.245. The highest BCUT2D eigenvalue weighted by Crippen LogP contribution is 2.37. The molecule has 0 bridgehead atoms. The minimum Gasteiger partial charge on any atom is -0.343 e. The van der Waals surface area contributed by atoms with Gasteiger partial charge in [0, 0.05) is 61.2 Å². The van der Waals surface area contributed by atoms with E-state index in [1.54, 1.807) is 12.1 Å². The average molecular weight is 468 g/mol. The van der Waals surface area contributed by atoms with Crippen LogP contribution in [-0.2, 0) is 11.3 Å². The van der Waals surface area contributed by atoms with Gasteiger partial charge in [-0.25, -0.2) is 0 Å². The lowest BCUT2D eigenvalue weighted by molar-refractivity contribution is -0.384. The van der Waals surface area contributed by atoms with Crippen molar-refractivity contribution in [2.45, 2.75) is 38.6 Å². The summed E-state index contributed by atoms with van der Waals surface area (Å²) in [7, 11) is 0. The number of nitro groups is 1. The van der Waals surface area contributed by atoms with Crippen LogP contribution in [0.15, 0.2) is 79.0 Å². The predicted molar refractivity (Wildman–Crippen MR) is 138 cm³/mol. The van der Waals surface area contributed by atoms with Gasteiger partial charge in [0.25, 0.3) is 5.69 Å². The second-order valence-corrected chi connectivity index (χ2v) is 9.41. The third-order valence-electron chi connectivity index (χ3n) is 6.99. The van der Waals surface area contributed by atoms with E-state index >= 15 is 0 Å². The fourth-order valence-corrected chi connectivity index (χ4v) is 5.09. The van der Waals surface area contributed by atoms with E-state index in [0.717, 1.165) is 59.1 Å². The van der Waals surface area contributed by atoms with Gasteiger partial charge in [-0.1, -0.05) is 60.2 Å². The smallest absolute Gasteiger partial charge is 0.270 e. The molecule has 4 aromatic rings. The van der Waals surface area contributed by atoms with Crippen molar-refractivity contribution in [2.75, 3.05) is 13.1 Å². The van der Waals surface area contributed by atoms with Gasteiger partial charge in [0.1, 0.15) is 0 Å². The van der Waals surface area contributed by atoms with E-state index in [0.29, 0.717) is 13.0 Å². The lowest BCUT2D eigenvalue weighted by atomic mass is 9.87. The third kappa shape index (κ3) is 4.83. The zero-order valence-corrected chi connectivity index (χ0v) is 19.9. The number of amides is 1. The largest absolute Gasteiger partial charge is 0.343 e. The average Bonchev–Trinajstić information content (AvgIpc) is 3.52. The van der Waals surface area contributed by atoms with Crippen molar-refractivity contribution in [3.63, 3.8) is 0 Å². The number of fused-ring (bicyclic) bond motifs is 1. The molecule has 3 aromatic carbocycles. The number of aromatic nitrogens is 1. The molecule has 1 saturated heterocycles. The molecule has 0 radical (unpaired) electrons. The van der Waals surface area contributed by atoms with Crippen molar-refractivity contribution in [1.29, 1.82) is 0 Å². The van der Waals surface area contributed by atoms with Gasteiger partial charge in [-0.15, -0.1) is 0 Å². The molecule has 1 aromatic heterocycles. The molecule has 1 atom stereocenters. The third-order valence-corrected chi connectivity index (χ3v) is 6.99. The number of nitro benzene ring substituents is 1. The fraction of sp³-hybridized carbons (Fsp3) is 0.276. The zero-order valence-electron chi connectivity index (χ0n) is 19.9. The Morgan fingerprint density at radius 1 is 1.00 bits per heavy atom. The first-order valence-electron chi connectivity index (χ1n) is 12.1. The van der Waals surface area contributed by atoms with Gasteiger partial charge in [-0.3, -0.25) is 14.9 Å². The number of aryl methyl sites for hydroxylation is 1. The minimum absolute atomic E-state index is 0.0599. The molecule has 6 heteroatoms. The monoisotopic (exact) mass is 467 g/mol. The first-order chi connectivity index (χ1) is 17.0. The summed E-state index contributed by atoms with van der Waals surface area (Å²) in [6.07, 6.45) is 4.52. The van der Waals surface area contributed by atoms with Crippen LogP contribution in [-0.4, -0.2) is 33.4 Å². The Morgan fingerprint density at radius 2 is 1.71 bits per heavy atom. The highest BCUT2D eigenvalue weighted by atomic mass is 16.6. The van der Waals surface area contributed by atoms with Gasteiger partial charge in [-0.2, -0.15) is 0 Å². The second kappa shape index (κ2) is 9.74. The van der Waals surface area contributed by atoms with Crippen molar-refractivity contribution in [3.05, 3.63) is 111 Å². The minimum atomic E-state index is -0.353. The van der Waals surface area contributed by atoms with E-state index in [1.807, 2.05) is 36.1 Å². The van der Waals surface area contributed by atoms with Gasteiger partial charge < -0.3 is 9.47 Å². The molecule has 1 fully saturated rings. The number of carbonyl (C=O) groups is 1. The number of hydrogen-bond donors (Lipinski definition) is 0. The van der Waals surface area contributed by atoms with Crippen LogP contribution in [0, 0.1) is 17.0 Å². The van der Waals surface area contributed by atoms with Crippen molar-refractivity contribution in [1.82, 2.24) is 9.47 Å². The molecule has 6 nitrogen and oxygen atoms in total. The lowest BCUT2D eigenvalue weighted by Gasteiger charge is -2.21. The Kier molecular flexibility index (Phi) is 6.36. The highest BCUT2D eigenvalue weighted by Gasteiger charge is 2.27. The molecule has 1 aliphatic rings. The molecule has 0 spiro atoms. The molecular weight excluding hydrogens is 438 g/mol. The van der Waals surface area contributed by atoms with Crippen LogP contribution in [0.5, 0.6) is 0 Å². The number of likely N-dealkylation sites (tertiary alicyclic amines) is 1. The molecule has 35 heavy (non-hydrogen) atoms. The highest BCUT2D eigenvalue weighted by molar-refractivity contribution is 5.88. The molecule has 1 amide bonds. The van der Waals surface area contributed by atoms with Crippen LogP contribution >= 0.6 is 0 Å². The number of carbonyl (C=O) groups excluding carboxylic acids is 1. The van der Waals surface area contributed by atoms with Crippen LogP contribution in [0.4, 0.5) is 5.69 Å². The van der Waals surface area contributed by atoms with E-state index in [9.17, 15) is 14.9 Å². The Morgan fingerprint density at radius 3 is 2.40 bits per heavy atom. The number of hydrogen-bond acceptors (Lipinski definition) is 3. The van der Waals surface area contributed by atoms with Gasteiger partial charge in [0.2, 0.25) is 5.91 Å². The molecule has 0 saturated carbocycles. The second-order valence-electron chi connectivity index (χ2n) is 9.41. The topological polar surface area (TPSA) is 68.4 Å². The fourth-order valence-electron chi connectivity index (χ4n) is 5.09. The van der Waals surface area contributed by atoms with Crippen molar-refractivity contribution in [3.8, 4) is 0 Å². The van der Waals surface area contributed by atoms with Crippen molar-refractivity contribution >= 4 is 22.5 Å². The molecular formula is C29H29N3O3. The maximum Gasteiger partial charge on any atom is 0.270 e. The summed E-state index contributed by atoms with van der Waals surface area (Å²) in [6.45, 7) is 4.31. The zero-order chi connectivity index (χ0) is 24.4. The number of nitrogens with zero attached hydrogens (tertiary/aromatic N) is 3. The first-order valence-corrected chi connectivity index (χ1v) is 12.1. The summed E-state index contributed by atoms with van der Waals surface area (Å²) in [5, 5.41) is 12.4. The molecule has 5 rings (SSSR count). The Labute approximate surface area is 204 Å². The molecule has 2 heterocycles. The van der Waals surface area contributed by atoms with Crippen LogP contribution in [0.3, 0.4) is 0 Å². The van der Waals surface area contributed by atoms with E-state index in [-0.39, 0.29) is 22.4 Å². The number of rotatable bonds is 7. The molecule has 178 valence electrons. The van der Waals surface area contributed by atoms with Gasteiger partial charge >= 0.3 is 0 Å². The van der Waals surface area contributed by atoms with Crippen molar-refractivity contribution < 1.29 is 9.72 Å². The van der Waals surface area contributed by atoms with Gasteiger partial charge in [0.05, 0.1) is 4.92 Å². The number of benzene rings is 3. The predicted octanol–water partition coefficient (Wildman–Crippen LogP) is 6.05. The standard InChI is InChI=1S/C29H29N3O3/c1-21-9-11-23(12-10-21)25(18-29(33)30-15-5-6-16-30)27-20-31(19-22-7-3-2-4-8-22)28-14-13-24(32(34)35)17-26(27)28/h2-4,7-14,17,20,25H,5-6,15-16,18-19H2,1H3/t25-/m1/s1. The molecule has 1 aliphatic heterocycles. The van der Waals surface area contributed by atoms with Crippen LogP contribution in [0.1, 0.15) is 47.4 Å². The summed E-state index contributed by atoms with van der Waals surface area (Å²) < 4.78 is 2.14. The van der Waals surface area contributed by atoms with E-state index in [2.05, 4.69) is 47.2 Å². The van der Waals surface area contributed by atoms with Crippen molar-refractivity contribution in [2.24, 2.45) is 0 Å². The number of non-ortho nitro benzene ring substituents is 1. The summed E-state index contributed by atoms with van der Waals surface area (Å²) in [4.78, 5) is 26.5. The van der Waals surface area contributed by atoms with Crippen LogP contribution in [0.25, 0.3) is 10.9 Å². The SMILES string of the molecule is Cc1ccc([C@@H](CC(=O)N2CCCC2)c2cn(Cc3ccccc3)c3ccc([N+](=O)[O-])cc23)cc1. The lowest BCUT2D eigenvalue weighted by Crippen LogP contribution is -2.29. The molecule has 0 aliphatic carbocycles. The van der Waals surface area contributed by atoms with Crippen LogP contribution in [0.2, 0.25) is 0 Å². The molecule has 0 N–H and O–H groups in total. The Hall–Kier alpha value is -3.93. The van der Waals surface area contributed by atoms with E-state index < -0.39 is 0 Å². The van der Waals surface area contributed by atoms with Gasteiger partial charge in [0.15, 0.2) is 0 Å². The maximum atomic E-state index is 13.3. The maximum absolute atomic E-state index is 13.3. The Bertz CT molecular complexity index is 1350. The van der Waals surface area contributed by atoms with Crippen LogP contribution < -0.4 is 0 Å². The summed E-state index contributed by atoms with van der Waals surface area (Å²) in [5.74, 6) is -0.0484. The van der Waals surface area contributed by atoms with E-state index in [1.165, 1.54) is 0 Å². The summed E-state index contributed by atoms with van der Waals surface area (Å²) in [5.41, 5.74) is 5.30. The first kappa shape index (κ1) is 22.8. The summed E-state index contributed by atoms with van der Waals surface area (Å²) >= 11 is 0. The van der Waals surface area contributed by atoms with E-state index in [4.69, 9.17) is 0 Å². The van der Waals surface area contributed by atoms with Gasteiger partial charge in [-0.05, 0) is 42.5 Å². The summed E-state index contributed by atoms with van der Waals surface area (Å²) in [6, 6.07) is 23.5. The Balaban J connectivity index is 1.64.